The van der Waals surface area contributed by atoms with E-state index < -0.39 is 0 Å². The third-order valence-corrected chi connectivity index (χ3v) is 3.73. The number of piperazine rings is 2. The lowest BCUT2D eigenvalue weighted by atomic mass is 10.3. The molecule has 0 radical (unpaired) electrons. The Balaban J connectivity index is 1.72. The van der Waals surface area contributed by atoms with Gasteiger partial charge < -0.3 is 19.9 Å². The third-order valence-electron chi connectivity index (χ3n) is 3.73. The molecule has 0 bridgehead atoms. The first-order valence-electron chi connectivity index (χ1n) is 7.33. The summed E-state index contributed by atoms with van der Waals surface area (Å²) in [5.74, 6) is 0.162. The van der Waals surface area contributed by atoms with Crippen molar-refractivity contribution in [3.05, 3.63) is 0 Å². The number of nitrogens with zero attached hydrogens (tertiary/aromatic N) is 3. The number of amides is 2. The monoisotopic (exact) mass is 284 g/mol. The van der Waals surface area contributed by atoms with Crippen molar-refractivity contribution in [3.63, 3.8) is 0 Å². The van der Waals surface area contributed by atoms with Crippen LogP contribution in [0.3, 0.4) is 0 Å². The molecule has 0 aliphatic carbocycles. The van der Waals surface area contributed by atoms with Gasteiger partial charge in [-0.1, -0.05) is 0 Å². The van der Waals surface area contributed by atoms with Crippen LogP contribution in [0.4, 0.5) is 4.79 Å². The molecule has 0 aromatic carbocycles. The summed E-state index contributed by atoms with van der Waals surface area (Å²) in [6.45, 7) is 8.75. The second-order valence-corrected chi connectivity index (χ2v) is 5.09. The van der Waals surface area contributed by atoms with E-state index in [1.54, 1.807) is 11.8 Å². The predicted octanol–water partition coefficient (Wildman–Crippen LogP) is -0.808. The molecule has 114 valence electrons. The Labute approximate surface area is 119 Å². The van der Waals surface area contributed by atoms with E-state index in [-0.39, 0.29) is 12.0 Å². The Morgan fingerprint density at radius 1 is 1.00 bits per heavy atom. The van der Waals surface area contributed by atoms with Crippen LogP contribution in [0, 0.1) is 0 Å². The largest absolute Gasteiger partial charge is 0.450 e. The number of hydrogen-bond acceptors (Lipinski definition) is 5. The molecule has 2 aliphatic heterocycles. The quantitative estimate of drug-likeness (QED) is 0.734. The van der Waals surface area contributed by atoms with Crippen molar-refractivity contribution in [2.24, 2.45) is 0 Å². The fraction of sp³-hybridized carbons (Fsp3) is 0.846. The Bertz CT molecular complexity index is 337. The highest BCUT2D eigenvalue weighted by molar-refractivity contribution is 5.78. The lowest BCUT2D eigenvalue weighted by Crippen LogP contribution is -2.54. The van der Waals surface area contributed by atoms with Gasteiger partial charge in [0.15, 0.2) is 0 Å². The van der Waals surface area contributed by atoms with Crippen molar-refractivity contribution in [2.75, 3.05) is 65.5 Å². The molecule has 2 aliphatic rings. The van der Waals surface area contributed by atoms with Crippen LogP contribution in [0.5, 0.6) is 0 Å². The van der Waals surface area contributed by atoms with Gasteiger partial charge in [0, 0.05) is 52.4 Å². The van der Waals surface area contributed by atoms with Crippen molar-refractivity contribution in [1.29, 1.82) is 0 Å². The number of nitrogens with one attached hydrogen (secondary N) is 1. The molecule has 7 heteroatoms. The first-order chi connectivity index (χ1) is 9.70. The highest BCUT2D eigenvalue weighted by atomic mass is 16.6. The van der Waals surface area contributed by atoms with Gasteiger partial charge >= 0.3 is 6.09 Å². The van der Waals surface area contributed by atoms with Gasteiger partial charge in [-0.2, -0.15) is 0 Å². The van der Waals surface area contributed by atoms with Gasteiger partial charge in [-0.15, -0.1) is 0 Å². The van der Waals surface area contributed by atoms with Gasteiger partial charge in [-0.25, -0.2) is 4.79 Å². The zero-order chi connectivity index (χ0) is 14.4. The van der Waals surface area contributed by atoms with Gasteiger partial charge in [-0.05, 0) is 6.92 Å². The minimum atomic E-state index is -0.276. The molecular formula is C13H24N4O3. The summed E-state index contributed by atoms with van der Waals surface area (Å²) in [5, 5.41) is 3.27. The molecule has 20 heavy (non-hydrogen) atoms. The normalized spacial score (nSPS) is 20.9. The van der Waals surface area contributed by atoms with Crippen molar-refractivity contribution in [3.8, 4) is 0 Å². The smallest absolute Gasteiger partial charge is 0.409 e. The Morgan fingerprint density at radius 3 is 2.20 bits per heavy atom. The zero-order valence-corrected chi connectivity index (χ0v) is 12.1. The Morgan fingerprint density at radius 2 is 1.60 bits per heavy atom. The molecule has 0 unspecified atom stereocenters. The maximum Gasteiger partial charge on any atom is 0.409 e. The number of carbonyl (C=O) groups is 2. The summed E-state index contributed by atoms with van der Waals surface area (Å²) in [6, 6.07) is 0. The van der Waals surface area contributed by atoms with Gasteiger partial charge in [0.2, 0.25) is 5.91 Å². The van der Waals surface area contributed by atoms with E-state index in [1.807, 2.05) is 4.90 Å². The fourth-order valence-corrected chi connectivity index (χ4v) is 2.51. The van der Waals surface area contributed by atoms with Gasteiger partial charge in [0.25, 0.3) is 0 Å². The molecular weight excluding hydrogens is 260 g/mol. The molecule has 2 fully saturated rings. The molecule has 0 atom stereocenters. The molecule has 2 heterocycles. The zero-order valence-electron chi connectivity index (χ0n) is 12.1. The van der Waals surface area contributed by atoms with Crippen LogP contribution in [0.2, 0.25) is 0 Å². The highest BCUT2D eigenvalue weighted by Crippen LogP contribution is 2.05. The van der Waals surface area contributed by atoms with Crippen molar-refractivity contribution >= 4 is 12.0 Å². The van der Waals surface area contributed by atoms with E-state index >= 15 is 0 Å². The second-order valence-electron chi connectivity index (χ2n) is 5.09. The van der Waals surface area contributed by atoms with E-state index in [0.717, 1.165) is 26.2 Å². The van der Waals surface area contributed by atoms with Crippen LogP contribution in [0.25, 0.3) is 0 Å². The average molecular weight is 284 g/mol. The van der Waals surface area contributed by atoms with Crippen molar-refractivity contribution in [1.82, 2.24) is 20.0 Å². The number of hydrogen-bond donors (Lipinski definition) is 1. The fourth-order valence-electron chi connectivity index (χ4n) is 2.51. The first-order valence-corrected chi connectivity index (χ1v) is 7.33. The maximum absolute atomic E-state index is 12.2. The molecule has 7 nitrogen and oxygen atoms in total. The van der Waals surface area contributed by atoms with Crippen LogP contribution in [0.1, 0.15) is 6.92 Å². The van der Waals surface area contributed by atoms with E-state index in [9.17, 15) is 9.59 Å². The molecule has 0 saturated carbocycles. The molecule has 0 spiro atoms. The second kappa shape index (κ2) is 7.44. The summed E-state index contributed by atoms with van der Waals surface area (Å²) < 4.78 is 4.97. The lowest BCUT2D eigenvalue weighted by Gasteiger charge is -2.35. The topological polar surface area (TPSA) is 65.1 Å². The Hall–Kier alpha value is -1.34. The minimum Gasteiger partial charge on any atom is -0.450 e. The lowest BCUT2D eigenvalue weighted by molar-refractivity contribution is -0.134. The van der Waals surface area contributed by atoms with E-state index in [2.05, 4.69) is 10.2 Å². The van der Waals surface area contributed by atoms with Crippen LogP contribution in [-0.4, -0.2) is 92.2 Å². The predicted molar refractivity (Wildman–Crippen MR) is 74.5 cm³/mol. The third kappa shape index (κ3) is 4.08. The highest BCUT2D eigenvalue weighted by Gasteiger charge is 2.25. The van der Waals surface area contributed by atoms with Crippen LogP contribution >= 0.6 is 0 Å². The minimum absolute atomic E-state index is 0.162. The van der Waals surface area contributed by atoms with Gasteiger partial charge in [0.1, 0.15) is 0 Å². The van der Waals surface area contributed by atoms with E-state index in [0.29, 0.717) is 39.3 Å². The van der Waals surface area contributed by atoms with Gasteiger partial charge in [-0.3, -0.25) is 9.69 Å². The maximum atomic E-state index is 12.2. The SMILES string of the molecule is CCOC(=O)N1CCN(C(=O)CN2CCNCC2)CC1. The van der Waals surface area contributed by atoms with Crippen LogP contribution < -0.4 is 5.32 Å². The van der Waals surface area contributed by atoms with Gasteiger partial charge in [0.05, 0.1) is 13.2 Å². The summed E-state index contributed by atoms with van der Waals surface area (Å²) in [5.41, 5.74) is 0. The summed E-state index contributed by atoms with van der Waals surface area (Å²) in [4.78, 5) is 29.5. The summed E-state index contributed by atoms with van der Waals surface area (Å²) in [6.07, 6.45) is -0.276. The number of rotatable bonds is 3. The standard InChI is InChI=1S/C13H24N4O3/c1-2-20-13(19)17-9-7-16(8-10-17)12(18)11-15-5-3-14-4-6-15/h14H,2-11H2,1H3. The van der Waals surface area contributed by atoms with Crippen LogP contribution in [0.15, 0.2) is 0 Å². The molecule has 2 amide bonds. The summed E-state index contributed by atoms with van der Waals surface area (Å²) in [7, 11) is 0. The molecule has 0 aromatic heterocycles. The molecule has 2 saturated heterocycles. The number of carbonyl (C=O) groups excluding carboxylic acids is 2. The molecule has 2 rings (SSSR count). The van der Waals surface area contributed by atoms with Crippen molar-refractivity contribution in [2.45, 2.75) is 6.92 Å². The molecule has 0 aromatic rings. The average Bonchev–Trinajstić information content (AvgIpc) is 2.48. The number of ether oxygens (including phenoxy) is 1. The van der Waals surface area contributed by atoms with Crippen LogP contribution in [-0.2, 0) is 9.53 Å². The first kappa shape index (κ1) is 15.1. The van der Waals surface area contributed by atoms with Crippen molar-refractivity contribution < 1.29 is 14.3 Å². The summed E-state index contributed by atoms with van der Waals surface area (Å²) >= 11 is 0. The van der Waals surface area contributed by atoms with E-state index in [1.165, 1.54) is 0 Å². The van der Waals surface area contributed by atoms with E-state index in [4.69, 9.17) is 4.74 Å². The molecule has 1 N–H and O–H groups in total. The Kier molecular flexibility index (Phi) is 5.60.